The molecule has 196 valence electrons. The van der Waals surface area contributed by atoms with Crippen molar-refractivity contribution in [1.29, 1.82) is 0 Å². The van der Waals surface area contributed by atoms with E-state index in [9.17, 15) is 9.59 Å². The second-order valence-corrected chi connectivity index (χ2v) is 11.5. The van der Waals surface area contributed by atoms with Crippen LogP contribution in [0.4, 0.5) is 0 Å². The van der Waals surface area contributed by atoms with Crippen LogP contribution in [0.1, 0.15) is 88.2 Å². The number of hydrogen-bond acceptors (Lipinski definition) is 6. The summed E-state index contributed by atoms with van der Waals surface area (Å²) in [6.45, 7) is 6.10. The van der Waals surface area contributed by atoms with E-state index in [0.29, 0.717) is 34.9 Å². The summed E-state index contributed by atoms with van der Waals surface area (Å²) in [5.74, 6) is 1.46. The van der Waals surface area contributed by atoms with Crippen molar-refractivity contribution in [2.45, 2.75) is 71.3 Å². The zero-order chi connectivity index (χ0) is 26.4. The summed E-state index contributed by atoms with van der Waals surface area (Å²) in [5, 5.41) is 0. The molecular formula is C32H34N2O4. The first-order valence-corrected chi connectivity index (χ1v) is 13.7. The fourth-order valence-corrected chi connectivity index (χ4v) is 7.51. The molecule has 2 saturated carbocycles. The lowest BCUT2D eigenvalue weighted by molar-refractivity contribution is -0.0431. The number of hydrogen-bond donors (Lipinski definition) is 0. The predicted octanol–water partition coefficient (Wildman–Crippen LogP) is 6.39. The minimum absolute atomic E-state index is 0.00692. The predicted molar refractivity (Wildman–Crippen MR) is 143 cm³/mol. The molecule has 2 fully saturated rings. The first-order chi connectivity index (χ1) is 18.3. The van der Waals surface area contributed by atoms with Gasteiger partial charge in [-0.1, -0.05) is 25.1 Å². The van der Waals surface area contributed by atoms with Gasteiger partial charge in [-0.15, -0.1) is 0 Å². The highest BCUT2D eigenvalue weighted by molar-refractivity contribution is 5.90. The number of ether oxygens (including phenoxy) is 2. The SMILES string of the molecule is Cc1cccnc1C(=O)Oc1ccc2c(c1)CC[C@@H]1[C@@H]2CC[C@]2(C)[C@@H](OC(=O)c3ncccc3C)CC[C@@H]12. The molecule has 0 bridgehead atoms. The third kappa shape index (κ3) is 4.20. The van der Waals surface area contributed by atoms with Crippen LogP contribution in [-0.4, -0.2) is 28.0 Å². The number of esters is 2. The molecule has 2 aromatic heterocycles. The van der Waals surface area contributed by atoms with Crippen molar-refractivity contribution in [2.75, 3.05) is 0 Å². The van der Waals surface area contributed by atoms with E-state index < -0.39 is 5.97 Å². The Morgan fingerprint density at radius 2 is 1.61 bits per heavy atom. The van der Waals surface area contributed by atoms with Crippen LogP contribution in [0.2, 0.25) is 0 Å². The third-order valence-electron chi connectivity index (χ3n) is 9.48. The Hall–Kier alpha value is -3.54. The van der Waals surface area contributed by atoms with E-state index in [4.69, 9.17) is 9.47 Å². The van der Waals surface area contributed by atoms with Gasteiger partial charge in [-0.25, -0.2) is 19.6 Å². The summed E-state index contributed by atoms with van der Waals surface area (Å²) in [6, 6.07) is 13.6. The molecule has 6 heteroatoms. The molecule has 0 spiro atoms. The Kier molecular flexibility index (Phi) is 6.29. The number of rotatable bonds is 4. The van der Waals surface area contributed by atoms with Gasteiger partial charge in [0.25, 0.3) is 0 Å². The van der Waals surface area contributed by atoms with Crippen LogP contribution in [0.3, 0.4) is 0 Å². The maximum Gasteiger partial charge on any atom is 0.362 e. The quantitative estimate of drug-likeness (QED) is 0.299. The topological polar surface area (TPSA) is 78.4 Å². The fourth-order valence-electron chi connectivity index (χ4n) is 7.51. The molecule has 0 saturated heterocycles. The second kappa shape index (κ2) is 9.64. The molecule has 0 unspecified atom stereocenters. The number of carbonyl (C=O) groups excluding carboxylic acids is 2. The minimum atomic E-state index is -0.419. The molecule has 0 N–H and O–H groups in total. The Balaban J connectivity index is 1.17. The van der Waals surface area contributed by atoms with Crippen LogP contribution >= 0.6 is 0 Å². The Morgan fingerprint density at radius 3 is 2.32 bits per heavy atom. The van der Waals surface area contributed by atoms with E-state index in [1.807, 2.05) is 50.2 Å². The number of aromatic nitrogens is 2. The van der Waals surface area contributed by atoms with Gasteiger partial charge in [0.05, 0.1) is 0 Å². The van der Waals surface area contributed by atoms with Gasteiger partial charge < -0.3 is 9.47 Å². The summed E-state index contributed by atoms with van der Waals surface area (Å²) in [7, 11) is 0. The molecule has 0 aliphatic heterocycles. The van der Waals surface area contributed by atoms with Gasteiger partial charge in [0.2, 0.25) is 0 Å². The highest BCUT2D eigenvalue weighted by Gasteiger charge is 2.56. The van der Waals surface area contributed by atoms with Gasteiger partial charge in [0, 0.05) is 17.8 Å². The first-order valence-electron chi connectivity index (χ1n) is 13.7. The van der Waals surface area contributed by atoms with Gasteiger partial charge in [-0.2, -0.15) is 0 Å². The van der Waals surface area contributed by atoms with Gasteiger partial charge in [-0.05, 0) is 117 Å². The van der Waals surface area contributed by atoms with E-state index in [-0.39, 0.29) is 17.5 Å². The van der Waals surface area contributed by atoms with Crippen LogP contribution in [0.5, 0.6) is 5.75 Å². The van der Waals surface area contributed by atoms with E-state index in [0.717, 1.165) is 49.7 Å². The van der Waals surface area contributed by atoms with Crippen LogP contribution in [0, 0.1) is 31.1 Å². The van der Waals surface area contributed by atoms with E-state index in [1.165, 1.54) is 11.1 Å². The molecule has 3 aliphatic rings. The van der Waals surface area contributed by atoms with Crippen molar-refractivity contribution in [1.82, 2.24) is 9.97 Å². The lowest BCUT2D eigenvalue weighted by atomic mass is 9.55. The van der Waals surface area contributed by atoms with Crippen LogP contribution in [-0.2, 0) is 11.2 Å². The van der Waals surface area contributed by atoms with Crippen molar-refractivity contribution in [2.24, 2.45) is 17.3 Å². The maximum absolute atomic E-state index is 13.0. The largest absolute Gasteiger partial charge is 0.457 e. The number of nitrogens with zero attached hydrogens (tertiary/aromatic N) is 2. The van der Waals surface area contributed by atoms with Gasteiger partial charge in [0.15, 0.2) is 11.4 Å². The lowest BCUT2D eigenvalue weighted by Crippen LogP contribution is -2.45. The van der Waals surface area contributed by atoms with E-state index in [1.54, 1.807) is 12.4 Å². The molecule has 0 amide bonds. The minimum Gasteiger partial charge on any atom is -0.457 e. The average Bonchev–Trinajstić information content (AvgIpc) is 3.24. The number of pyridine rings is 2. The summed E-state index contributed by atoms with van der Waals surface area (Å²) in [4.78, 5) is 34.1. The molecule has 0 radical (unpaired) electrons. The smallest absolute Gasteiger partial charge is 0.362 e. The summed E-state index contributed by atoms with van der Waals surface area (Å²) in [6.07, 6.45) is 9.38. The number of fused-ring (bicyclic) bond motifs is 5. The molecule has 3 aliphatic carbocycles. The Labute approximate surface area is 223 Å². The first kappa shape index (κ1) is 24.8. The normalized spacial score (nSPS) is 27.6. The molecule has 6 nitrogen and oxygen atoms in total. The monoisotopic (exact) mass is 510 g/mol. The molecule has 6 rings (SSSR count). The third-order valence-corrected chi connectivity index (χ3v) is 9.48. The zero-order valence-corrected chi connectivity index (χ0v) is 22.3. The maximum atomic E-state index is 13.0. The van der Waals surface area contributed by atoms with Gasteiger partial charge in [0.1, 0.15) is 11.9 Å². The highest BCUT2D eigenvalue weighted by Crippen LogP contribution is 2.61. The van der Waals surface area contributed by atoms with Crippen molar-refractivity contribution in [3.8, 4) is 5.75 Å². The number of aryl methyl sites for hydroxylation is 3. The molecule has 3 aromatic rings. The van der Waals surface area contributed by atoms with Crippen molar-refractivity contribution in [3.63, 3.8) is 0 Å². The average molecular weight is 511 g/mol. The molecule has 5 atom stereocenters. The number of carbonyl (C=O) groups is 2. The van der Waals surface area contributed by atoms with Crippen molar-refractivity contribution in [3.05, 3.63) is 88.5 Å². The molecule has 38 heavy (non-hydrogen) atoms. The fraction of sp³-hybridized carbons (Fsp3) is 0.438. The standard InChI is InChI=1S/C32H34N2O4/c1-19-6-4-16-33-28(19)30(35)37-22-9-11-23-21(18-22)8-10-25-24(23)14-15-32(3)26(25)12-13-27(32)38-31(36)29-20(2)7-5-17-34-29/h4-7,9,11,16-18,24-27H,8,10,12-15H2,1-3H3/t24-,25-,26+,27+,32+/m1/s1. The number of benzene rings is 1. The highest BCUT2D eigenvalue weighted by atomic mass is 16.5. The van der Waals surface area contributed by atoms with Gasteiger partial charge >= 0.3 is 11.9 Å². The van der Waals surface area contributed by atoms with Crippen LogP contribution in [0.15, 0.2) is 54.9 Å². The van der Waals surface area contributed by atoms with Crippen molar-refractivity contribution < 1.29 is 19.1 Å². The van der Waals surface area contributed by atoms with Crippen LogP contribution < -0.4 is 4.74 Å². The lowest BCUT2D eigenvalue weighted by Gasteiger charge is -2.50. The summed E-state index contributed by atoms with van der Waals surface area (Å²) >= 11 is 0. The molecular weight excluding hydrogens is 476 g/mol. The van der Waals surface area contributed by atoms with Gasteiger partial charge in [-0.3, -0.25) is 0 Å². The van der Waals surface area contributed by atoms with E-state index in [2.05, 4.69) is 23.0 Å². The Bertz CT molecular complexity index is 1400. The molecule has 2 heterocycles. The summed E-state index contributed by atoms with van der Waals surface area (Å²) < 4.78 is 11.9. The van der Waals surface area contributed by atoms with Crippen molar-refractivity contribution >= 4 is 11.9 Å². The van der Waals surface area contributed by atoms with Crippen LogP contribution in [0.25, 0.3) is 0 Å². The van der Waals surface area contributed by atoms with E-state index >= 15 is 0 Å². The summed E-state index contributed by atoms with van der Waals surface area (Å²) in [5.41, 5.74) is 5.10. The Morgan fingerprint density at radius 1 is 0.895 bits per heavy atom. The second-order valence-electron chi connectivity index (χ2n) is 11.5. The molecule has 1 aromatic carbocycles. The zero-order valence-electron chi connectivity index (χ0n) is 22.3.